The standard InChI is InChI=1S/C20H23BrN2O4/c1-12(2)15-6-5-13(3)7-17(15)27-11-19(24)23-22-10-14-8-16(21)20(25)18(9-14)26-4/h5-10,12,25H,11H2,1-4H3,(H,23,24)/b22-10+. The number of hydrogen-bond acceptors (Lipinski definition) is 5. The summed E-state index contributed by atoms with van der Waals surface area (Å²) in [6.45, 7) is 5.99. The lowest BCUT2D eigenvalue weighted by Gasteiger charge is -2.14. The number of ether oxygens (including phenoxy) is 2. The molecule has 6 nitrogen and oxygen atoms in total. The Hall–Kier alpha value is -2.54. The van der Waals surface area contributed by atoms with Crippen molar-refractivity contribution >= 4 is 28.1 Å². The summed E-state index contributed by atoms with van der Waals surface area (Å²) in [6.07, 6.45) is 1.46. The average molecular weight is 435 g/mol. The summed E-state index contributed by atoms with van der Waals surface area (Å²) in [6, 6.07) is 9.23. The van der Waals surface area contributed by atoms with Crippen LogP contribution in [0.2, 0.25) is 0 Å². The van der Waals surface area contributed by atoms with Gasteiger partial charge in [0.15, 0.2) is 18.1 Å². The Bertz CT molecular complexity index is 850. The third-order valence-corrected chi connectivity index (χ3v) is 4.43. The van der Waals surface area contributed by atoms with Gasteiger partial charge in [-0.25, -0.2) is 5.43 Å². The number of methoxy groups -OCH3 is 1. The second-order valence-electron chi connectivity index (χ2n) is 6.33. The number of nitrogens with zero attached hydrogens (tertiary/aromatic N) is 1. The highest BCUT2D eigenvalue weighted by Gasteiger charge is 2.10. The molecular formula is C20H23BrN2O4. The molecule has 27 heavy (non-hydrogen) atoms. The molecule has 0 radical (unpaired) electrons. The van der Waals surface area contributed by atoms with Crippen LogP contribution in [0.1, 0.15) is 36.5 Å². The zero-order valence-corrected chi connectivity index (χ0v) is 17.3. The molecule has 1 amide bonds. The van der Waals surface area contributed by atoms with Crippen LogP contribution in [-0.2, 0) is 4.79 Å². The molecule has 144 valence electrons. The number of hydrogen-bond donors (Lipinski definition) is 2. The van der Waals surface area contributed by atoms with Crippen molar-refractivity contribution in [2.75, 3.05) is 13.7 Å². The fourth-order valence-electron chi connectivity index (χ4n) is 2.42. The molecule has 2 N–H and O–H groups in total. The van der Waals surface area contributed by atoms with Crippen LogP contribution >= 0.6 is 15.9 Å². The van der Waals surface area contributed by atoms with E-state index < -0.39 is 0 Å². The van der Waals surface area contributed by atoms with E-state index in [4.69, 9.17) is 9.47 Å². The van der Waals surface area contributed by atoms with Crippen molar-refractivity contribution in [2.24, 2.45) is 5.10 Å². The van der Waals surface area contributed by atoms with Crippen molar-refractivity contribution < 1.29 is 19.4 Å². The highest BCUT2D eigenvalue weighted by atomic mass is 79.9. The average Bonchev–Trinajstić information content (AvgIpc) is 2.62. The Balaban J connectivity index is 1.97. The number of hydrazone groups is 1. The van der Waals surface area contributed by atoms with Crippen LogP contribution in [0, 0.1) is 6.92 Å². The normalized spacial score (nSPS) is 11.0. The molecule has 0 aliphatic carbocycles. The third kappa shape index (κ3) is 5.72. The Morgan fingerprint density at radius 3 is 2.70 bits per heavy atom. The fraction of sp³-hybridized carbons (Fsp3) is 0.300. The van der Waals surface area contributed by atoms with E-state index in [0.717, 1.165) is 11.1 Å². The van der Waals surface area contributed by atoms with E-state index >= 15 is 0 Å². The van der Waals surface area contributed by atoms with Gasteiger partial charge < -0.3 is 14.6 Å². The maximum Gasteiger partial charge on any atom is 0.277 e. The zero-order chi connectivity index (χ0) is 20.0. The van der Waals surface area contributed by atoms with Gasteiger partial charge in [0.05, 0.1) is 17.8 Å². The van der Waals surface area contributed by atoms with Crippen LogP contribution in [0.4, 0.5) is 0 Å². The Kier molecular flexibility index (Phi) is 7.24. The molecular weight excluding hydrogens is 412 g/mol. The third-order valence-electron chi connectivity index (χ3n) is 3.82. The van der Waals surface area contributed by atoms with E-state index in [9.17, 15) is 9.90 Å². The van der Waals surface area contributed by atoms with Crippen LogP contribution in [0.3, 0.4) is 0 Å². The minimum atomic E-state index is -0.368. The number of aromatic hydroxyl groups is 1. The minimum absolute atomic E-state index is 0.00574. The lowest BCUT2D eigenvalue weighted by atomic mass is 10.0. The molecule has 0 aromatic heterocycles. The predicted octanol–water partition coefficient (Wildman–Crippen LogP) is 4.12. The maximum atomic E-state index is 12.0. The smallest absolute Gasteiger partial charge is 0.277 e. The van der Waals surface area contributed by atoms with E-state index in [2.05, 4.69) is 40.3 Å². The first kappa shape index (κ1) is 20.8. The molecule has 0 saturated heterocycles. The van der Waals surface area contributed by atoms with Gasteiger partial charge in [-0.2, -0.15) is 5.10 Å². The molecule has 0 heterocycles. The van der Waals surface area contributed by atoms with Crippen molar-refractivity contribution in [2.45, 2.75) is 26.7 Å². The molecule has 0 saturated carbocycles. The summed E-state index contributed by atoms with van der Waals surface area (Å²) < 4.78 is 11.2. The summed E-state index contributed by atoms with van der Waals surface area (Å²) in [7, 11) is 1.46. The first-order valence-electron chi connectivity index (χ1n) is 8.43. The zero-order valence-electron chi connectivity index (χ0n) is 15.7. The molecule has 2 rings (SSSR count). The van der Waals surface area contributed by atoms with E-state index in [0.29, 0.717) is 27.5 Å². The summed E-state index contributed by atoms with van der Waals surface area (Å²) in [5.74, 6) is 0.945. The molecule has 0 fully saturated rings. The van der Waals surface area contributed by atoms with E-state index in [1.165, 1.54) is 13.3 Å². The van der Waals surface area contributed by atoms with Gasteiger partial charge in [-0.15, -0.1) is 0 Å². The van der Waals surface area contributed by atoms with Crippen molar-refractivity contribution in [3.8, 4) is 17.2 Å². The van der Waals surface area contributed by atoms with E-state index in [1.807, 2.05) is 25.1 Å². The summed E-state index contributed by atoms with van der Waals surface area (Å²) in [5, 5.41) is 13.7. The number of nitrogens with one attached hydrogen (secondary N) is 1. The lowest BCUT2D eigenvalue weighted by molar-refractivity contribution is -0.123. The minimum Gasteiger partial charge on any atom is -0.503 e. The first-order chi connectivity index (χ1) is 12.8. The summed E-state index contributed by atoms with van der Waals surface area (Å²) in [5.41, 5.74) is 5.20. The van der Waals surface area contributed by atoms with Gasteiger partial charge in [-0.05, 0) is 63.7 Å². The number of carbonyl (C=O) groups excluding carboxylic acids is 1. The largest absolute Gasteiger partial charge is 0.503 e. The Morgan fingerprint density at radius 1 is 1.30 bits per heavy atom. The monoisotopic (exact) mass is 434 g/mol. The van der Waals surface area contributed by atoms with Gasteiger partial charge in [0, 0.05) is 0 Å². The number of amides is 1. The summed E-state index contributed by atoms with van der Waals surface area (Å²) >= 11 is 3.23. The number of phenols is 1. The van der Waals surface area contributed by atoms with Crippen molar-refractivity contribution in [3.05, 3.63) is 51.5 Å². The SMILES string of the molecule is COc1cc(/C=N/NC(=O)COc2cc(C)ccc2C(C)C)cc(Br)c1O. The van der Waals surface area contributed by atoms with Crippen LogP contribution in [0.25, 0.3) is 0 Å². The second kappa shape index (κ2) is 9.41. The van der Waals surface area contributed by atoms with E-state index in [1.54, 1.807) is 12.1 Å². The molecule has 2 aromatic carbocycles. The van der Waals surface area contributed by atoms with Crippen LogP contribution in [-0.4, -0.2) is 30.9 Å². The van der Waals surface area contributed by atoms with Crippen molar-refractivity contribution in [1.82, 2.24) is 5.43 Å². The summed E-state index contributed by atoms with van der Waals surface area (Å²) in [4.78, 5) is 12.0. The van der Waals surface area contributed by atoms with Gasteiger partial charge in [0.25, 0.3) is 5.91 Å². The predicted molar refractivity (Wildman–Crippen MR) is 109 cm³/mol. The molecule has 0 unspecified atom stereocenters. The number of halogens is 1. The topological polar surface area (TPSA) is 80.2 Å². The number of phenolic OH excluding ortho intramolecular Hbond substituents is 1. The van der Waals surface area contributed by atoms with Crippen molar-refractivity contribution in [1.29, 1.82) is 0 Å². The molecule has 2 aromatic rings. The molecule has 0 aliphatic rings. The molecule has 0 aliphatic heterocycles. The van der Waals surface area contributed by atoms with Crippen LogP contribution in [0.5, 0.6) is 17.2 Å². The number of aryl methyl sites for hydroxylation is 1. The fourth-order valence-corrected chi connectivity index (χ4v) is 2.88. The Morgan fingerprint density at radius 2 is 2.04 bits per heavy atom. The molecule has 0 bridgehead atoms. The molecule has 0 spiro atoms. The molecule has 7 heteroatoms. The van der Waals surface area contributed by atoms with Gasteiger partial charge >= 0.3 is 0 Å². The van der Waals surface area contributed by atoms with Crippen LogP contribution in [0.15, 0.2) is 39.9 Å². The number of rotatable bonds is 7. The van der Waals surface area contributed by atoms with Crippen molar-refractivity contribution in [3.63, 3.8) is 0 Å². The van der Waals surface area contributed by atoms with Crippen LogP contribution < -0.4 is 14.9 Å². The Labute approximate surface area is 167 Å². The molecule has 0 atom stereocenters. The lowest BCUT2D eigenvalue weighted by Crippen LogP contribution is -2.25. The highest BCUT2D eigenvalue weighted by Crippen LogP contribution is 2.34. The maximum absolute atomic E-state index is 12.0. The second-order valence-corrected chi connectivity index (χ2v) is 7.19. The first-order valence-corrected chi connectivity index (χ1v) is 9.23. The van der Waals surface area contributed by atoms with Gasteiger partial charge in [0.1, 0.15) is 5.75 Å². The highest BCUT2D eigenvalue weighted by molar-refractivity contribution is 9.10. The van der Waals surface area contributed by atoms with Gasteiger partial charge in [0.2, 0.25) is 0 Å². The number of carbonyl (C=O) groups is 1. The van der Waals surface area contributed by atoms with Gasteiger partial charge in [-0.1, -0.05) is 26.0 Å². The van der Waals surface area contributed by atoms with Gasteiger partial charge in [-0.3, -0.25) is 4.79 Å². The van der Waals surface area contributed by atoms with E-state index in [-0.39, 0.29) is 18.3 Å². The number of benzene rings is 2. The quantitative estimate of drug-likeness (QED) is 0.507.